The Bertz CT molecular complexity index is 1350. The van der Waals surface area contributed by atoms with Gasteiger partial charge in [-0.3, -0.25) is 24.6 Å². The molecule has 40 heavy (non-hydrogen) atoms. The molecule has 0 aromatic heterocycles. The minimum atomic E-state index is -3.52. The van der Waals surface area contributed by atoms with Crippen LogP contribution in [0.4, 0.5) is 11.4 Å². The lowest BCUT2D eigenvalue weighted by Gasteiger charge is -2.19. The summed E-state index contributed by atoms with van der Waals surface area (Å²) in [5.74, 6) is -2.17. The Kier molecular flexibility index (Phi) is 14.8. The largest absolute Gasteiger partial charge is 0.333 e. The zero-order chi connectivity index (χ0) is 30.3. The van der Waals surface area contributed by atoms with Crippen LogP contribution in [0.25, 0.3) is 0 Å². The van der Waals surface area contributed by atoms with Gasteiger partial charge in [-0.2, -0.15) is 0 Å². The average Bonchev–Trinajstić information content (AvgIpc) is 2.93. The van der Waals surface area contributed by atoms with Gasteiger partial charge in [-0.05, 0) is 69.1 Å². The maximum atomic E-state index is 13.2. The van der Waals surface area contributed by atoms with Crippen molar-refractivity contribution in [1.29, 1.82) is 5.41 Å². The topological polar surface area (TPSA) is 171 Å². The van der Waals surface area contributed by atoms with E-state index in [1.165, 1.54) is 37.7 Å². The predicted octanol–water partition coefficient (Wildman–Crippen LogP) is 3.79. The number of carbonyl (C=O) groups is 2. The van der Waals surface area contributed by atoms with Gasteiger partial charge in [0.25, 0.3) is 5.91 Å². The summed E-state index contributed by atoms with van der Waals surface area (Å²) in [6.07, 6.45) is 11.0. The smallest absolute Gasteiger partial charge is 0.250 e. The summed E-state index contributed by atoms with van der Waals surface area (Å²) in [6, 6.07) is 10.7. The van der Waals surface area contributed by atoms with Crippen LogP contribution in [0.2, 0.25) is 0 Å². The Morgan fingerprint density at radius 2 is 1.75 bits per heavy atom. The molecule has 6 N–H and O–H groups in total. The molecule has 10 nitrogen and oxygen atoms in total. The number of rotatable bonds is 13. The van der Waals surface area contributed by atoms with Crippen LogP contribution in [-0.4, -0.2) is 50.2 Å². The van der Waals surface area contributed by atoms with Gasteiger partial charge < -0.3 is 16.5 Å². The third-order valence-corrected chi connectivity index (χ3v) is 7.63. The molecule has 0 aliphatic carbocycles. The Hall–Kier alpha value is -3.61. The first-order valence-electron chi connectivity index (χ1n) is 12.5. The van der Waals surface area contributed by atoms with E-state index in [1.807, 2.05) is 32.1 Å². The van der Waals surface area contributed by atoms with E-state index < -0.39 is 38.4 Å². The van der Waals surface area contributed by atoms with Gasteiger partial charge in [0, 0.05) is 24.4 Å². The molecular weight excluding hydrogens is 550 g/mol. The van der Waals surface area contributed by atoms with Gasteiger partial charge in [-0.1, -0.05) is 42.9 Å². The van der Waals surface area contributed by atoms with Crippen molar-refractivity contribution in [3.63, 3.8) is 0 Å². The fraction of sp³-hybridized carbons (Fsp3) is 0.321. The number of anilines is 2. The molecular formula is C28H39N5O5S2. The van der Waals surface area contributed by atoms with Crippen LogP contribution < -0.4 is 21.9 Å². The van der Waals surface area contributed by atoms with E-state index >= 15 is 0 Å². The average molecular weight is 590 g/mol. The summed E-state index contributed by atoms with van der Waals surface area (Å²) in [5.41, 5.74) is 12.2. The minimum absolute atomic E-state index is 0.00471. The standard InChI is InChI=1S/C27H34N4O5S2.CH5N/c1-5-7-19(8-6-2)11-15-23(26(32)29-21-12-9-20(18-28)10-13-21)27(33)31-30-24-16-14-22(38(4,35)36)17-25(24)37(3)34;1-2/h5,7-10,12-14,16-18,23,28,30H,6,11,15H2,1-4H3,(H,29,32)(H,31,33);2H2,1H3/b7-5-,19-8+,28-18?;. The van der Waals surface area contributed by atoms with Gasteiger partial charge in [0.05, 0.1) is 26.3 Å². The van der Waals surface area contributed by atoms with Crippen molar-refractivity contribution >= 4 is 50.0 Å². The molecule has 12 heteroatoms. The highest BCUT2D eigenvalue weighted by Crippen LogP contribution is 2.23. The fourth-order valence-electron chi connectivity index (χ4n) is 3.60. The number of hydrogen-bond acceptors (Lipinski definition) is 8. The first-order valence-corrected chi connectivity index (χ1v) is 16.0. The minimum Gasteiger partial charge on any atom is -0.333 e. The van der Waals surface area contributed by atoms with Gasteiger partial charge in [-0.15, -0.1) is 0 Å². The molecule has 218 valence electrons. The van der Waals surface area contributed by atoms with Gasteiger partial charge in [0.1, 0.15) is 5.92 Å². The molecule has 0 spiro atoms. The molecule has 2 aromatic rings. The van der Waals surface area contributed by atoms with Gasteiger partial charge in [-0.25, -0.2) is 8.42 Å². The number of sulfone groups is 1. The maximum absolute atomic E-state index is 13.2. The molecule has 2 rings (SSSR count). The second-order valence-electron chi connectivity index (χ2n) is 8.53. The van der Waals surface area contributed by atoms with Crippen molar-refractivity contribution in [2.75, 3.05) is 30.3 Å². The van der Waals surface area contributed by atoms with Crippen LogP contribution in [0.1, 0.15) is 38.7 Å². The SMILES string of the molecule is C/C=C\C(=C/CC)CCC(C(=O)NNc1ccc(S(C)(=O)=O)cc1S(C)=O)C(=O)Nc1ccc(C=N)cc1.CN. The lowest BCUT2D eigenvalue weighted by molar-refractivity contribution is -0.132. The zero-order valence-electron chi connectivity index (χ0n) is 23.5. The fourth-order valence-corrected chi connectivity index (χ4v) is 5.05. The summed E-state index contributed by atoms with van der Waals surface area (Å²) < 4.78 is 36.1. The molecule has 0 aliphatic heterocycles. The maximum Gasteiger partial charge on any atom is 0.250 e. The number of carbonyl (C=O) groups excluding carboxylic acids is 2. The quantitative estimate of drug-likeness (QED) is 0.102. The molecule has 0 saturated carbocycles. The normalized spacial score (nSPS) is 13.0. The summed E-state index contributed by atoms with van der Waals surface area (Å²) in [6.45, 7) is 3.90. The highest BCUT2D eigenvalue weighted by molar-refractivity contribution is 7.90. The summed E-state index contributed by atoms with van der Waals surface area (Å²) >= 11 is 0. The van der Waals surface area contributed by atoms with Crippen molar-refractivity contribution in [1.82, 2.24) is 5.43 Å². The van der Waals surface area contributed by atoms with Gasteiger partial charge in [0.2, 0.25) is 5.91 Å². The predicted molar refractivity (Wildman–Crippen MR) is 163 cm³/mol. The van der Waals surface area contributed by atoms with Crippen LogP contribution in [0, 0.1) is 11.3 Å². The van der Waals surface area contributed by atoms with Crippen LogP contribution in [0.5, 0.6) is 0 Å². The van der Waals surface area contributed by atoms with Crippen molar-refractivity contribution in [2.45, 2.75) is 42.9 Å². The third kappa shape index (κ3) is 10.9. The van der Waals surface area contributed by atoms with Crippen LogP contribution >= 0.6 is 0 Å². The van der Waals surface area contributed by atoms with Crippen LogP contribution in [-0.2, 0) is 30.2 Å². The Labute approximate surface area is 239 Å². The highest BCUT2D eigenvalue weighted by atomic mass is 32.2. The second-order valence-corrected chi connectivity index (χ2v) is 11.9. The number of hydrazine groups is 1. The van der Waals surface area contributed by atoms with Crippen LogP contribution in [0.3, 0.4) is 0 Å². The van der Waals surface area contributed by atoms with E-state index in [9.17, 15) is 22.2 Å². The molecule has 2 atom stereocenters. The third-order valence-electron chi connectivity index (χ3n) is 5.56. The van der Waals surface area contributed by atoms with Crippen molar-refractivity contribution < 1.29 is 22.2 Å². The lowest BCUT2D eigenvalue weighted by atomic mass is 9.97. The number of nitrogens with two attached hydrogens (primary N) is 1. The van der Waals surface area contributed by atoms with E-state index in [1.54, 1.807) is 24.3 Å². The van der Waals surface area contributed by atoms with E-state index in [0.717, 1.165) is 18.2 Å². The van der Waals surface area contributed by atoms with E-state index in [0.29, 0.717) is 17.7 Å². The first-order chi connectivity index (χ1) is 19.0. The monoisotopic (exact) mass is 589 g/mol. The molecule has 0 bridgehead atoms. The number of amides is 2. The van der Waals surface area contributed by atoms with Gasteiger partial charge >= 0.3 is 0 Å². The molecule has 0 fully saturated rings. The first kappa shape index (κ1) is 34.4. The molecule has 0 heterocycles. The number of hydrogen-bond donors (Lipinski definition) is 5. The van der Waals surface area contributed by atoms with E-state index in [2.05, 4.69) is 21.9 Å². The summed E-state index contributed by atoms with van der Waals surface area (Å²) in [4.78, 5) is 26.6. The molecule has 2 amide bonds. The Balaban J connectivity index is 0.00000391. The van der Waals surface area contributed by atoms with E-state index in [-0.39, 0.29) is 21.9 Å². The highest BCUT2D eigenvalue weighted by Gasteiger charge is 2.27. The summed E-state index contributed by atoms with van der Waals surface area (Å²) in [7, 11) is -3.57. The van der Waals surface area contributed by atoms with E-state index in [4.69, 9.17) is 5.41 Å². The molecule has 0 saturated heterocycles. The second kappa shape index (κ2) is 17.2. The van der Waals surface area contributed by atoms with Crippen molar-refractivity contribution in [3.8, 4) is 0 Å². The Morgan fingerprint density at radius 3 is 2.27 bits per heavy atom. The Morgan fingerprint density at radius 1 is 1.10 bits per heavy atom. The molecule has 0 aliphatic rings. The van der Waals surface area contributed by atoms with Crippen molar-refractivity contribution in [2.24, 2.45) is 11.7 Å². The number of nitrogens with one attached hydrogen (secondary N) is 4. The zero-order valence-corrected chi connectivity index (χ0v) is 25.1. The molecule has 0 radical (unpaired) electrons. The lowest BCUT2D eigenvalue weighted by Crippen LogP contribution is -2.41. The van der Waals surface area contributed by atoms with Gasteiger partial charge in [0.15, 0.2) is 9.84 Å². The molecule has 2 aromatic carbocycles. The van der Waals surface area contributed by atoms with Crippen molar-refractivity contribution in [3.05, 3.63) is 71.8 Å². The van der Waals surface area contributed by atoms with Crippen LogP contribution in [0.15, 0.2) is 76.1 Å². The number of benzene rings is 2. The number of allylic oxidation sites excluding steroid dienone is 4. The molecule has 2 unspecified atom stereocenters. The summed E-state index contributed by atoms with van der Waals surface area (Å²) in [5, 5.41) is 10.1.